The van der Waals surface area contributed by atoms with Crippen molar-refractivity contribution < 1.29 is 18.3 Å². The number of ether oxygens (including phenoxy) is 1. The maximum Gasteiger partial charge on any atom is 0.175 e. The van der Waals surface area contributed by atoms with E-state index in [1.165, 1.54) is 6.26 Å². The lowest BCUT2D eigenvalue weighted by atomic mass is 9.96. The Bertz CT molecular complexity index is 1780. The van der Waals surface area contributed by atoms with Crippen molar-refractivity contribution in [3.8, 4) is 39.5 Å². The third kappa shape index (κ3) is 5.26. The average molecular weight is 551 g/mol. The standard InChI is InChI=1S/C33H30N2O4S/c1-40(37,38)28-14-6-23(7-15-28)30-16-9-25-22-24(29-4-2-3-5-32(29)36)8-17-31(25)33(30)39-27-12-10-26(11-13-27)35-20-18-34-19-21-35/h2-17,22,34,36H,18-21H2,1H3. The highest BCUT2D eigenvalue weighted by atomic mass is 32.2. The first kappa shape index (κ1) is 25.9. The number of phenols is 1. The maximum absolute atomic E-state index is 12.0. The Morgan fingerprint density at radius 3 is 2.17 bits per heavy atom. The number of rotatable bonds is 6. The molecule has 1 aliphatic rings. The molecule has 1 heterocycles. The summed E-state index contributed by atoms with van der Waals surface area (Å²) in [7, 11) is -3.30. The zero-order valence-electron chi connectivity index (χ0n) is 22.2. The summed E-state index contributed by atoms with van der Waals surface area (Å²) >= 11 is 0. The molecule has 0 bridgehead atoms. The van der Waals surface area contributed by atoms with E-state index in [4.69, 9.17) is 4.74 Å². The first-order chi connectivity index (χ1) is 19.4. The predicted molar refractivity (Wildman–Crippen MR) is 161 cm³/mol. The second-order valence-corrected chi connectivity index (χ2v) is 12.0. The Kier molecular flexibility index (Phi) is 6.92. The van der Waals surface area contributed by atoms with E-state index in [-0.39, 0.29) is 10.6 Å². The third-order valence-electron chi connectivity index (χ3n) is 7.32. The molecule has 0 unspecified atom stereocenters. The van der Waals surface area contributed by atoms with E-state index in [1.807, 2.05) is 66.7 Å². The summed E-state index contributed by atoms with van der Waals surface area (Å²) in [4.78, 5) is 2.63. The molecule has 40 heavy (non-hydrogen) atoms. The van der Waals surface area contributed by atoms with E-state index in [2.05, 4.69) is 22.3 Å². The normalized spacial score (nSPS) is 13.9. The van der Waals surface area contributed by atoms with Crippen LogP contribution in [-0.4, -0.2) is 46.0 Å². The van der Waals surface area contributed by atoms with Gasteiger partial charge in [-0.1, -0.05) is 42.5 Å². The number of phenolic OH excluding ortho intramolecular Hbond substituents is 1. The Labute approximate surface area is 234 Å². The molecule has 1 saturated heterocycles. The van der Waals surface area contributed by atoms with Crippen LogP contribution in [0.1, 0.15) is 0 Å². The van der Waals surface area contributed by atoms with Gasteiger partial charge in [0.15, 0.2) is 9.84 Å². The van der Waals surface area contributed by atoms with Crippen LogP contribution in [0.5, 0.6) is 17.2 Å². The van der Waals surface area contributed by atoms with Gasteiger partial charge in [0.1, 0.15) is 17.2 Å². The highest BCUT2D eigenvalue weighted by molar-refractivity contribution is 7.90. The second-order valence-electron chi connectivity index (χ2n) is 10.0. The van der Waals surface area contributed by atoms with Gasteiger partial charge in [0.2, 0.25) is 0 Å². The second kappa shape index (κ2) is 10.7. The van der Waals surface area contributed by atoms with Crippen LogP contribution in [0.15, 0.2) is 108 Å². The fraction of sp³-hybridized carbons (Fsp3) is 0.152. The van der Waals surface area contributed by atoms with Crippen molar-refractivity contribution in [2.75, 3.05) is 37.3 Å². The summed E-state index contributed by atoms with van der Waals surface area (Å²) in [6.45, 7) is 3.88. The van der Waals surface area contributed by atoms with Crippen LogP contribution in [0.2, 0.25) is 0 Å². The van der Waals surface area contributed by atoms with Gasteiger partial charge in [0.05, 0.1) is 4.90 Å². The molecule has 2 N–H and O–H groups in total. The lowest BCUT2D eigenvalue weighted by Crippen LogP contribution is -2.43. The average Bonchev–Trinajstić information content (AvgIpc) is 2.98. The molecule has 0 aromatic heterocycles. The van der Waals surface area contributed by atoms with Gasteiger partial charge in [-0.05, 0) is 77.2 Å². The molecule has 1 aliphatic heterocycles. The first-order valence-corrected chi connectivity index (χ1v) is 15.2. The monoisotopic (exact) mass is 550 g/mol. The molecule has 1 fully saturated rings. The van der Waals surface area contributed by atoms with Crippen molar-refractivity contribution in [1.82, 2.24) is 5.32 Å². The summed E-state index contributed by atoms with van der Waals surface area (Å²) in [5.74, 6) is 1.62. The third-order valence-corrected chi connectivity index (χ3v) is 8.45. The van der Waals surface area contributed by atoms with Crippen LogP contribution in [-0.2, 0) is 9.84 Å². The Morgan fingerprint density at radius 1 is 0.775 bits per heavy atom. The zero-order chi connectivity index (χ0) is 27.7. The molecule has 0 saturated carbocycles. The van der Waals surface area contributed by atoms with Gasteiger partial charge in [-0.25, -0.2) is 8.42 Å². The fourth-order valence-corrected chi connectivity index (χ4v) is 5.80. The summed E-state index contributed by atoms with van der Waals surface area (Å²) < 4.78 is 30.6. The molecule has 202 valence electrons. The zero-order valence-corrected chi connectivity index (χ0v) is 23.0. The van der Waals surface area contributed by atoms with E-state index in [9.17, 15) is 13.5 Å². The highest BCUT2D eigenvalue weighted by Crippen LogP contribution is 2.42. The van der Waals surface area contributed by atoms with Crippen molar-refractivity contribution in [1.29, 1.82) is 0 Å². The summed E-state index contributed by atoms with van der Waals surface area (Å²) in [5, 5.41) is 15.7. The molecule has 5 aromatic rings. The minimum Gasteiger partial charge on any atom is -0.507 e. The van der Waals surface area contributed by atoms with Gasteiger partial charge in [0, 0.05) is 54.6 Å². The van der Waals surface area contributed by atoms with Crippen molar-refractivity contribution in [2.24, 2.45) is 0 Å². The van der Waals surface area contributed by atoms with E-state index >= 15 is 0 Å². The summed E-state index contributed by atoms with van der Waals surface area (Å²) in [6, 6.07) is 32.4. The topological polar surface area (TPSA) is 78.9 Å². The van der Waals surface area contributed by atoms with Crippen LogP contribution in [0, 0.1) is 0 Å². The van der Waals surface area contributed by atoms with Gasteiger partial charge in [-0.15, -0.1) is 0 Å². The summed E-state index contributed by atoms with van der Waals surface area (Å²) in [6.07, 6.45) is 1.21. The minimum absolute atomic E-state index is 0.227. The van der Waals surface area contributed by atoms with Gasteiger partial charge in [-0.2, -0.15) is 0 Å². The molecule has 0 atom stereocenters. The van der Waals surface area contributed by atoms with Crippen LogP contribution >= 0.6 is 0 Å². The fourth-order valence-electron chi connectivity index (χ4n) is 5.17. The molecule has 0 radical (unpaired) electrons. The van der Waals surface area contributed by atoms with E-state index in [0.717, 1.165) is 64.9 Å². The van der Waals surface area contributed by atoms with Crippen molar-refractivity contribution in [3.05, 3.63) is 103 Å². The number of nitrogens with zero attached hydrogens (tertiary/aromatic N) is 1. The molecule has 5 aromatic carbocycles. The van der Waals surface area contributed by atoms with E-state index < -0.39 is 9.84 Å². The first-order valence-electron chi connectivity index (χ1n) is 13.3. The van der Waals surface area contributed by atoms with Crippen molar-refractivity contribution in [2.45, 2.75) is 4.90 Å². The number of hydrogen-bond donors (Lipinski definition) is 2. The van der Waals surface area contributed by atoms with Gasteiger partial charge in [0.25, 0.3) is 0 Å². The molecule has 7 heteroatoms. The van der Waals surface area contributed by atoms with Crippen molar-refractivity contribution >= 4 is 26.3 Å². The van der Waals surface area contributed by atoms with Crippen LogP contribution in [0.3, 0.4) is 0 Å². The number of hydrogen-bond acceptors (Lipinski definition) is 6. The van der Waals surface area contributed by atoms with E-state index in [1.54, 1.807) is 24.3 Å². The van der Waals surface area contributed by atoms with Crippen LogP contribution in [0.4, 0.5) is 5.69 Å². The van der Waals surface area contributed by atoms with Crippen LogP contribution in [0.25, 0.3) is 33.0 Å². The molecule has 0 amide bonds. The lowest BCUT2D eigenvalue weighted by Gasteiger charge is -2.29. The number of anilines is 1. The number of sulfone groups is 1. The van der Waals surface area contributed by atoms with Crippen molar-refractivity contribution in [3.63, 3.8) is 0 Å². The summed E-state index contributed by atoms with van der Waals surface area (Å²) in [5.41, 5.74) is 4.54. The SMILES string of the molecule is CS(=O)(=O)c1ccc(-c2ccc3cc(-c4ccccc4O)ccc3c2Oc2ccc(N3CCNCC3)cc2)cc1. The minimum atomic E-state index is -3.30. The molecule has 0 spiro atoms. The van der Waals surface area contributed by atoms with Gasteiger partial charge >= 0.3 is 0 Å². The number of para-hydroxylation sites is 1. The number of nitrogens with one attached hydrogen (secondary N) is 1. The van der Waals surface area contributed by atoms with Gasteiger partial charge < -0.3 is 20.1 Å². The van der Waals surface area contributed by atoms with E-state index in [0.29, 0.717) is 11.5 Å². The number of fused-ring (bicyclic) bond motifs is 1. The molecule has 0 aliphatic carbocycles. The highest BCUT2D eigenvalue weighted by Gasteiger charge is 2.16. The number of benzene rings is 5. The molecule has 6 nitrogen and oxygen atoms in total. The molecular formula is C33H30N2O4S. The smallest absolute Gasteiger partial charge is 0.175 e. The number of aromatic hydroxyl groups is 1. The Morgan fingerprint density at radius 2 is 1.48 bits per heavy atom. The lowest BCUT2D eigenvalue weighted by molar-refractivity contribution is 0.477. The quantitative estimate of drug-likeness (QED) is 0.252. The number of piperazine rings is 1. The Hall–Kier alpha value is -4.33. The van der Waals surface area contributed by atoms with Crippen LogP contribution < -0.4 is 15.0 Å². The molecule has 6 rings (SSSR count). The largest absolute Gasteiger partial charge is 0.507 e. The predicted octanol–water partition coefficient (Wildman–Crippen LogP) is 6.48. The Balaban J connectivity index is 1.43. The maximum atomic E-state index is 12.0. The molecular weight excluding hydrogens is 520 g/mol. The van der Waals surface area contributed by atoms with Gasteiger partial charge in [-0.3, -0.25) is 0 Å².